The monoisotopic (exact) mass is 1040 g/mol. The molecule has 0 heterocycles. The topological polar surface area (TPSA) is 95.9 Å². The van der Waals surface area contributed by atoms with Crippen molar-refractivity contribution in [3.63, 3.8) is 0 Å². The van der Waals surface area contributed by atoms with E-state index >= 15 is 0 Å². The third kappa shape index (κ3) is 59.8. The quantitative estimate of drug-likeness (QED) is 0.0320. The minimum absolute atomic E-state index is 0.0199. The van der Waals surface area contributed by atoms with E-state index in [1.807, 2.05) is 6.08 Å². The summed E-state index contributed by atoms with van der Waals surface area (Å²) >= 11 is 0. The molecule has 0 aromatic heterocycles. The van der Waals surface area contributed by atoms with Gasteiger partial charge in [-0.2, -0.15) is 0 Å². The Morgan fingerprint density at radius 1 is 0.365 bits per heavy atom. The van der Waals surface area contributed by atoms with Crippen LogP contribution in [0.4, 0.5) is 0 Å². The van der Waals surface area contributed by atoms with Crippen LogP contribution in [-0.4, -0.2) is 47.4 Å². The predicted octanol–water partition coefficient (Wildman–Crippen LogP) is 21.6. The number of ether oxygens (including phenoxy) is 1. The van der Waals surface area contributed by atoms with Crippen molar-refractivity contribution >= 4 is 11.9 Å². The smallest absolute Gasteiger partial charge is 0.305 e. The summed E-state index contributed by atoms with van der Waals surface area (Å²) < 4.78 is 5.48. The zero-order chi connectivity index (χ0) is 53.6. The van der Waals surface area contributed by atoms with Crippen LogP contribution in [0.25, 0.3) is 0 Å². The fourth-order valence-corrected chi connectivity index (χ4v) is 10.9. The van der Waals surface area contributed by atoms with Crippen molar-refractivity contribution in [2.45, 2.75) is 398 Å². The molecule has 0 spiro atoms. The molecule has 0 aromatic rings. The minimum atomic E-state index is -0.842. The van der Waals surface area contributed by atoms with Crippen molar-refractivity contribution < 1.29 is 24.5 Å². The third-order valence-electron chi connectivity index (χ3n) is 16.1. The molecule has 0 aromatic carbocycles. The molecule has 0 aliphatic rings. The van der Waals surface area contributed by atoms with Gasteiger partial charge in [-0.3, -0.25) is 9.59 Å². The van der Waals surface area contributed by atoms with Crippen molar-refractivity contribution in [2.24, 2.45) is 0 Å². The first-order valence-corrected chi connectivity index (χ1v) is 34.0. The number of amides is 1. The van der Waals surface area contributed by atoms with E-state index in [0.29, 0.717) is 19.4 Å². The average Bonchev–Trinajstić information content (AvgIpc) is 3.40. The van der Waals surface area contributed by atoms with Gasteiger partial charge in [-0.15, -0.1) is 0 Å². The molecule has 0 bridgehead atoms. The van der Waals surface area contributed by atoms with Gasteiger partial charge in [-0.05, 0) is 32.1 Å². The molecule has 2 atom stereocenters. The molecule has 3 N–H and O–H groups in total. The van der Waals surface area contributed by atoms with Crippen LogP contribution in [0.1, 0.15) is 386 Å². The Morgan fingerprint density at radius 3 is 0.919 bits per heavy atom. The second-order valence-corrected chi connectivity index (χ2v) is 23.5. The van der Waals surface area contributed by atoms with E-state index in [2.05, 4.69) is 19.2 Å². The first-order chi connectivity index (χ1) is 36.5. The minimum Gasteiger partial charge on any atom is -0.466 e. The molecule has 74 heavy (non-hydrogen) atoms. The molecule has 1 amide bonds. The lowest BCUT2D eigenvalue weighted by Crippen LogP contribution is -2.45. The molecule has 0 aliphatic carbocycles. The van der Waals surface area contributed by atoms with E-state index in [1.165, 1.54) is 321 Å². The first-order valence-electron chi connectivity index (χ1n) is 34.0. The Labute approximate surface area is 463 Å². The second kappa shape index (κ2) is 64.1. The van der Waals surface area contributed by atoms with Crippen LogP contribution in [-0.2, 0) is 14.3 Å². The Kier molecular flexibility index (Phi) is 62.9. The molecular formula is C68H133NO5. The van der Waals surface area contributed by atoms with E-state index in [-0.39, 0.29) is 18.5 Å². The van der Waals surface area contributed by atoms with Gasteiger partial charge >= 0.3 is 5.97 Å². The van der Waals surface area contributed by atoms with Crippen molar-refractivity contribution in [3.05, 3.63) is 12.2 Å². The molecule has 6 heteroatoms. The van der Waals surface area contributed by atoms with E-state index in [4.69, 9.17) is 4.74 Å². The van der Waals surface area contributed by atoms with Gasteiger partial charge in [0.2, 0.25) is 5.91 Å². The molecule has 0 saturated heterocycles. The Bertz CT molecular complexity index is 1110. The second-order valence-electron chi connectivity index (χ2n) is 23.5. The molecule has 0 aliphatic heterocycles. The summed E-state index contributed by atoms with van der Waals surface area (Å²) in [4.78, 5) is 24.5. The van der Waals surface area contributed by atoms with Crippen LogP contribution in [0.3, 0.4) is 0 Å². The fraction of sp³-hybridized carbons (Fsp3) is 0.941. The van der Waals surface area contributed by atoms with Gasteiger partial charge in [0, 0.05) is 12.8 Å². The number of aliphatic hydroxyl groups excluding tert-OH is 2. The Hall–Kier alpha value is -1.40. The predicted molar refractivity (Wildman–Crippen MR) is 324 cm³/mol. The van der Waals surface area contributed by atoms with Crippen LogP contribution in [0, 0.1) is 0 Å². The summed E-state index contributed by atoms with van der Waals surface area (Å²) in [6.45, 7) is 4.94. The van der Waals surface area contributed by atoms with Crippen molar-refractivity contribution in [3.8, 4) is 0 Å². The lowest BCUT2D eigenvalue weighted by Gasteiger charge is -2.20. The molecule has 2 unspecified atom stereocenters. The summed E-state index contributed by atoms with van der Waals surface area (Å²) in [6, 6.07) is -0.625. The maximum absolute atomic E-state index is 12.5. The lowest BCUT2D eigenvalue weighted by molar-refractivity contribution is -0.143. The highest BCUT2D eigenvalue weighted by Gasteiger charge is 2.18. The van der Waals surface area contributed by atoms with Crippen LogP contribution in [0.2, 0.25) is 0 Å². The Balaban J connectivity index is 3.36. The van der Waals surface area contributed by atoms with Crippen molar-refractivity contribution in [1.29, 1.82) is 0 Å². The fourth-order valence-electron chi connectivity index (χ4n) is 10.9. The number of aliphatic hydroxyl groups is 2. The summed E-state index contributed by atoms with van der Waals surface area (Å²) in [5, 5.41) is 23.2. The van der Waals surface area contributed by atoms with Crippen molar-refractivity contribution in [2.75, 3.05) is 13.2 Å². The highest BCUT2D eigenvalue weighted by Crippen LogP contribution is 2.19. The number of esters is 1. The maximum Gasteiger partial charge on any atom is 0.305 e. The number of nitrogens with one attached hydrogen (secondary N) is 1. The Morgan fingerprint density at radius 2 is 0.622 bits per heavy atom. The van der Waals surface area contributed by atoms with E-state index in [9.17, 15) is 19.8 Å². The molecular weight excluding hydrogens is 911 g/mol. The van der Waals surface area contributed by atoms with Gasteiger partial charge in [-0.25, -0.2) is 0 Å². The van der Waals surface area contributed by atoms with E-state index in [0.717, 1.165) is 38.5 Å². The van der Waals surface area contributed by atoms with Crippen molar-refractivity contribution in [1.82, 2.24) is 5.32 Å². The van der Waals surface area contributed by atoms with Gasteiger partial charge in [0.25, 0.3) is 0 Å². The van der Waals surface area contributed by atoms with Crippen LogP contribution >= 0.6 is 0 Å². The summed E-state index contributed by atoms with van der Waals surface area (Å²) in [5.74, 6) is -0.0415. The normalized spacial score (nSPS) is 12.5. The molecule has 0 saturated carbocycles. The number of carbonyl (C=O) groups is 2. The van der Waals surface area contributed by atoms with Gasteiger partial charge in [0.05, 0.1) is 25.4 Å². The van der Waals surface area contributed by atoms with E-state index in [1.54, 1.807) is 6.08 Å². The van der Waals surface area contributed by atoms with Crippen LogP contribution < -0.4 is 5.32 Å². The molecule has 0 radical (unpaired) electrons. The number of carbonyl (C=O) groups excluding carboxylic acids is 2. The summed E-state index contributed by atoms with van der Waals surface area (Å²) in [7, 11) is 0. The summed E-state index contributed by atoms with van der Waals surface area (Å²) in [6.07, 6.45) is 78.5. The molecule has 440 valence electrons. The van der Waals surface area contributed by atoms with Gasteiger partial charge in [-0.1, -0.05) is 353 Å². The maximum atomic E-state index is 12.5. The van der Waals surface area contributed by atoms with Gasteiger partial charge in [0.1, 0.15) is 0 Å². The number of unbranched alkanes of at least 4 members (excludes halogenated alkanes) is 53. The van der Waals surface area contributed by atoms with E-state index < -0.39 is 12.1 Å². The first kappa shape index (κ1) is 72.6. The average molecular weight is 1040 g/mol. The largest absolute Gasteiger partial charge is 0.466 e. The molecule has 0 fully saturated rings. The van der Waals surface area contributed by atoms with Gasteiger partial charge in [0.15, 0.2) is 0 Å². The number of hydrogen-bond donors (Lipinski definition) is 3. The highest BCUT2D eigenvalue weighted by molar-refractivity contribution is 5.76. The highest BCUT2D eigenvalue weighted by atomic mass is 16.5. The SMILES string of the molecule is CCCCCCCCCCCCCCCCC/C=C/C(O)C(CO)NC(=O)CCCCCCCCCCCCCCCCCCCCCCCCCCCCCCOC(=O)CCCCCCCCCCCCCC. The lowest BCUT2D eigenvalue weighted by atomic mass is 10.0. The number of hydrogen-bond acceptors (Lipinski definition) is 5. The van der Waals surface area contributed by atoms with Crippen LogP contribution in [0.5, 0.6) is 0 Å². The molecule has 6 nitrogen and oxygen atoms in total. The van der Waals surface area contributed by atoms with Crippen LogP contribution in [0.15, 0.2) is 12.2 Å². The molecule has 0 rings (SSSR count). The van der Waals surface area contributed by atoms with Gasteiger partial charge < -0.3 is 20.3 Å². The summed E-state index contributed by atoms with van der Waals surface area (Å²) in [5.41, 5.74) is 0. The number of allylic oxidation sites excluding steroid dienone is 1. The number of rotatable bonds is 64. The zero-order valence-electron chi connectivity index (χ0n) is 50.4. The zero-order valence-corrected chi connectivity index (χ0v) is 50.4. The standard InChI is InChI=1S/C68H133NO5/c1-3-5-7-9-11-13-15-17-18-31-34-37-40-44-48-52-56-60-66(71)65(64-70)69-67(72)61-57-53-49-45-41-38-35-32-29-27-25-23-21-19-20-22-24-26-28-30-33-36-39-43-47-51-55-59-63-74-68(73)62-58-54-50-46-42-16-14-12-10-8-6-4-2/h56,60,65-66,70-71H,3-55,57-59,61-64H2,1-2H3,(H,69,72)/b60-56+. The third-order valence-corrected chi connectivity index (χ3v) is 16.1.